The van der Waals surface area contributed by atoms with E-state index in [0.717, 1.165) is 5.56 Å². The van der Waals surface area contributed by atoms with E-state index in [0.29, 0.717) is 5.56 Å². The van der Waals surface area contributed by atoms with Crippen molar-refractivity contribution in [1.29, 1.82) is 0 Å². The zero-order chi connectivity index (χ0) is 12.5. The molecule has 0 bridgehead atoms. The van der Waals surface area contributed by atoms with Crippen LogP contribution in [0.1, 0.15) is 37.9 Å². The Morgan fingerprint density at radius 1 is 1.25 bits per heavy atom. The van der Waals surface area contributed by atoms with E-state index in [2.05, 4.69) is 0 Å². The number of hydrogen-bond donors (Lipinski definition) is 3. The molecule has 0 spiro atoms. The minimum atomic E-state index is -0.694. The van der Waals surface area contributed by atoms with E-state index in [1.165, 1.54) is 0 Å². The van der Waals surface area contributed by atoms with Gasteiger partial charge in [-0.2, -0.15) is 0 Å². The number of phenols is 1. The van der Waals surface area contributed by atoms with Crippen molar-refractivity contribution >= 4 is 0 Å². The molecule has 1 aromatic rings. The van der Waals surface area contributed by atoms with E-state index >= 15 is 0 Å². The Labute approximate surface area is 96.9 Å². The Morgan fingerprint density at radius 2 is 1.81 bits per heavy atom. The monoisotopic (exact) mass is 223 g/mol. The molecule has 1 rings (SSSR count). The minimum Gasteiger partial charge on any atom is -0.507 e. The lowest BCUT2D eigenvalue weighted by Crippen LogP contribution is -2.37. The van der Waals surface area contributed by atoms with Gasteiger partial charge in [0, 0.05) is 5.56 Å². The van der Waals surface area contributed by atoms with Crippen LogP contribution in [-0.2, 0) is 0 Å². The molecule has 4 N–H and O–H groups in total. The van der Waals surface area contributed by atoms with Crippen LogP contribution in [0.5, 0.6) is 5.75 Å². The van der Waals surface area contributed by atoms with Crippen LogP contribution in [0.25, 0.3) is 0 Å². The number of aliphatic hydroxyl groups excluding tert-OH is 1. The van der Waals surface area contributed by atoms with Gasteiger partial charge in [0.05, 0.1) is 12.1 Å². The number of aromatic hydroxyl groups is 1. The van der Waals surface area contributed by atoms with E-state index in [1.54, 1.807) is 6.07 Å². The number of para-hydroxylation sites is 1. The summed E-state index contributed by atoms with van der Waals surface area (Å²) in [6.07, 6.45) is -0.694. The first-order valence-corrected chi connectivity index (χ1v) is 5.47. The SMILES string of the molecule is Cc1cccc([C@@H](N)[C@@H](O)C(C)(C)C)c1O. The fourth-order valence-corrected chi connectivity index (χ4v) is 1.66. The fraction of sp³-hybridized carbons (Fsp3) is 0.538. The lowest BCUT2D eigenvalue weighted by atomic mass is 9.82. The molecule has 16 heavy (non-hydrogen) atoms. The molecular formula is C13H21NO2. The molecule has 0 saturated heterocycles. The zero-order valence-electron chi connectivity index (χ0n) is 10.4. The summed E-state index contributed by atoms with van der Waals surface area (Å²) in [6.45, 7) is 7.58. The van der Waals surface area contributed by atoms with Crippen LogP contribution in [0.4, 0.5) is 0 Å². The normalized spacial score (nSPS) is 15.9. The summed E-state index contributed by atoms with van der Waals surface area (Å²) in [5.41, 5.74) is 7.05. The molecule has 0 aliphatic carbocycles. The second-order valence-corrected chi connectivity index (χ2v) is 5.35. The van der Waals surface area contributed by atoms with Gasteiger partial charge in [-0.25, -0.2) is 0 Å². The number of nitrogens with two attached hydrogens (primary N) is 1. The van der Waals surface area contributed by atoms with Gasteiger partial charge < -0.3 is 15.9 Å². The molecule has 90 valence electrons. The second kappa shape index (κ2) is 4.44. The van der Waals surface area contributed by atoms with Gasteiger partial charge in [-0.1, -0.05) is 39.0 Å². The van der Waals surface area contributed by atoms with Crippen LogP contribution in [0, 0.1) is 12.3 Å². The summed E-state index contributed by atoms with van der Waals surface area (Å²) in [7, 11) is 0. The Morgan fingerprint density at radius 3 is 2.31 bits per heavy atom. The lowest BCUT2D eigenvalue weighted by Gasteiger charge is -2.31. The van der Waals surface area contributed by atoms with Crippen molar-refractivity contribution in [3.8, 4) is 5.75 Å². The molecule has 0 fully saturated rings. The standard InChI is InChI=1S/C13H21NO2/c1-8-6-5-7-9(11(8)15)10(14)12(16)13(2,3)4/h5-7,10,12,15-16H,14H2,1-4H3/t10-,12-/m1/s1. The maximum Gasteiger partial charge on any atom is 0.123 e. The fourth-order valence-electron chi connectivity index (χ4n) is 1.66. The largest absolute Gasteiger partial charge is 0.507 e. The molecule has 1 aromatic carbocycles. The Hall–Kier alpha value is -1.06. The highest BCUT2D eigenvalue weighted by Crippen LogP contribution is 2.33. The third-order valence-corrected chi connectivity index (χ3v) is 2.86. The first-order valence-electron chi connectivity index (χ1n) is 5.47. The van der Waals surface area contributed by atoms with E-state index in [-0.39, 0.29) is 11.2 Å². The molecular weight excluding hydrogens is 202 g/mol. The topological polar surface area (TPSA) is 66.5 Å². The van der Waals surface area contributed by atoms with Crippen LogP contribution in [0.3, 0.4) is 0 Å². The first kappa shape index (κ1) is 13.0. The first-order chi connectivity index (χ1) is 7.25. The van der Waals surface area contributed by atoms with Crippen LogP contribution in [-0.4, -0.2) is 16.3 Å². The Kier molecular flexibility index (Phi) is 3.61. The average Bonchev–Trinajstić information content (AvgIpc) is 2.18. The predicted octanol–water partition coefficient (Wildman–Crippen LogP) is 2.11. The molecule has 2 atom stereocenters. The predicted molar refractivity (Wildman–Crippen MR) is 65.2 cm³/mol. The number of rotatable bonds is 2. The summed E-state index contributed by atoms with van der Waals surface area (Å²) >= 11 is 0. The van der Waals surface area contributed by atoms with Crippen LogP contribution < -0.4 is 5.73 Å². The van der Waals surface area contributed by atoms with Crippen LogP contribution in [0.15, 0.2) is 18.2 Å². The van der Waals surface area contributed by atoms with Crippen molar-refractivity contribution in [2.75, 3.05) is 0 Å². The molecule has 0 unspecified atom stereocenters. The average molecular weight is 223 g/mol. The second-order valence-electron chi connectivity index (χ2n) is 5.35. The number of phenolic OH excluding ortho intramolecular Hbond substituents is 1. The minimum absolute atomic E-state index is 0.179. The van der Waals surface area contributed by atoms with Gasteiger partial charge in [0.2, 0.25) is 0 Å². The van der Waals surface area contributed by atoms with Crippen LogP contribution in [0.2, 0.25) is 0 Å². The van der Waals surface area contributed by atoms with Crippen molar-refractivity contribution in [2.24, 2.45) is 11.1 Å². The van der Waals surface area contributed by atoms with Crippen molar-refractivity contribution in [1.82, 2.24) is 0 Å². The van der Waals surface area contributed by atoms with E-state index in [4.69, 9.17) is 5.73 Å². The van der Waals surface area contributed by atoms with Crippen LogP contribution >= 0.6 is 0 Å². The van der Waals surface area contributed by atoms with Crippen molar-refractivity contribution in [3.63, 3.8) is 0 Å². The number of aryl methyl sites for hydroxylation is 1. The Balaban J connectivity index is 3.06. The summed E-state index contributed by atoms with van der Waals surface area (Å²) in [5.74, 6) is 0.179. The maximum atomic E-state index is 10.1. The van der Waals surface area contributed by atoms with E-state index < -0.39 is 12.1 Å². The third-order valence-electron chi connectivity index (χ3n) is 2.86. The molecule has 0 amide bonds. The zero-order valence-corrected chi connectivity index (χ0v) is 10.4. The highest BCUT2D eigenvalue weighted by molar-refractivity contribution is 5.41. The van der Waals surface area contributed by atoms with Gasteiger partial charge in [-0.05, 0) is 17.9 Å². The lowest BCUT2D eigenvalue weighted by molar-refractivity contribution is 0.0394. The number of hydrogen-bond acceptors (Lipinski definition) is 3. The van der Waals surface area contributed by atoms with E-state index in [9.17, 15) is 10.2 Å². The van der Waals surface area contributed by atoms with Crippen molar-refractivity contribution in [2.45, 2.75) is 39.8 Å². The quantitative estimate of drug-likeness (QED) is 0.719. The number of aliphatic hydroxyl groups is 1. The van der Waals surface area contributed by atoms with Gasteiger partial charge in [-0.3, -0.25) is 0 Å². The molecule has 0 heterocycles. The molecule has 3 heteroatoms. The van der Waals surface area contributed by atoms with Gasteiger partial charge in [0.25, 0.3) is 0 Å². The van der Waals surface area contributed by atoms with Gasteiger partial charge in [0.15, 0.2) is 0 Å². The summed E-state index contributed by atoms with van der Waals surface area (Å²) in [4.78, 5) is 0. The van der Waals surface area contributed by atoms with Gasteiger partial charge >= 0.3 is 0 Å². The van der Waals surface area contributed by atoms with Crippen molar-refractivity contribution in [3.05, 3.63) is 29.3 Å². The highest BCUT2D eigenvalue weighted by atomic mass is 16.3. The summed E-state index contributed by atoms with van der Waals surface area (Å²) in [5, 5.41) is 20.0. The maximum absolute atomic E-state index is 10.1. The highest BCUT2D eigenvalue weighted by Gasteiger charge is 2.30. The summed E-state index contributed by atoms with van der Waals surface area (Å²) in [6, 6.07) is 4.83. The molecule has 0 radical (unpaired) electrons. The molecule has 0 aliphatic rings. The number of benzene rings is 1. The van der Waals surface area contributed by atoms with Crippen molar-refractivity contribution < 1.29 is 10.2 Å². The Bertz CT molecular complexity index is 369. The van der Waals surface area contributed by atoms with Gasteiger partial charge in [-0.15, -0.1) is 0 Å². The van der Waals surface area contributed by atoms with Gasteiger partial charge in [0.1, 0.15) is 5.75 Å². The molecule has 0 aliphatic heterocycles. The summed E-state index contributed by atoms with van der Waals surface area (Å²) < 4.78 is 0. The third kappa shape index (κ3) is 2.54. The molecule has 0 saturated carbocycles. The molecule has 0 aromatic heterocycles. The smallest absolute Gasteiger partial charge is 0.123 e. The van der Waals surface area contributed by atoms with E-state index in [1.807, 2.05) is 39.8 Å². The molecule has 3 nitrogen and oxygen atoms in total.